The maximum absolute atomic E-state index is 12.7. The highest BCUT2D eigenvalue weighted by molar-refractivity contribution is 9.11. The largest absolute Gasteiger partial charge is 0.385 e. The van der Waals surface area contributed by atoms with Crippen molar-refractivity contribution in [3.63, 3.8) is 0 Å². The third kappa shape index (κ3) is 3.14. The van der Waals surface area contributed by atoms with Gasteiger partial charge in [-0.1, -0.05) is 6.07 Å². The molecule has 0 fully saturated rings. The highest BCUT2D eigenvalue weighted by Crippen LogP contribution is 2.27. The number of carbonyl (C=O) groups is 1. The minimum absolute atomic E-state index is 0.0953. The summed E-state index contributed by atoms with van der Waals surface area (Å²) in [5.41, 5.74) is 4.26. The zero-order valence-electron chi connectivity index (χ0n) is 11.9. The monoisotopic (exact) mass is 364 g/mol. The summed E-state index contributed by atoms with van der Waals surface area (Å²) in [5.74, 6) is 0.0953. The lowest BCUT2D eigenvalue weighted by Crippen LogP contribution is -2.28. The molecule has 0 spiro atoms. The Kier molecular flexibility index (Phi) is 4.31. The van der Waals surface area contributed by atoms with Crippen LogP contribution in [0.1, 0.15) is 27.9 Å². The van der Waals surface area contributed by atoms with E-state index in [1.165, 1.54) is 0 Å². The van der Waals surface area contributed by atoms with E-state index in [-0.39, 0.29) is 5.91 Å². The Hall–Kier alpha value is -1.33. The predicted molar refractivity (Wildman–Crippen MR) is 91.1 cm³/mol. The van der Waals surface area contributed by atoms with Crippen molar-refractivity contribution in [2.75, 3.05) is 18.9 Å². The SMILES string of the molecule is CN(Cc1csc(Br)c1)C(=O)c1cccc2c1CCCN2. The second kappa shape index (κ2) is 6.20. The van der Waals surface area contributed by atoms with E-state index in [1.807, 2.05) is 19.2 Å². The van der Waals surface area contributed by atoms with Gasteiger partial charge in [0.25, 0.3) is 5.91 Å². The number of nitrogens with zero attached hydrogens (tertiary/aromatic N) is 1. The molecule has 2 heterocycles. The standard InChI is InChI=1S/C16H17BrN2OS/c1-19(9-11-8-15(17)21-10-11)16(20)13-4-2-6-14-12(13)5-3-7-18-14/h2,4,6,8,10,18H,3,5,7,9H2,1H3. The molecular weight excluding hydrogens is 348 g/mol. The first-order valence-corrected chi connectivity index (χ1v) is 8.66. The molecular formula is C16H17BrN2OS. The van der Waals surface area contributed by atoms with E-state index in [9.17, 15) is 4.79 Å². The van der Waals surface area contributed by atoms with Gasteiger partial charge in [-0.25, -0.2) is 0 Å². The molecule has 1 aromatic carbocycles. The fourth-order valence-electron chi connectivity index (χ4n) is 2.69. The summed E-state index contributed by atoms with van der Waals surface area (Å²) in [7, 11) is 1.86. The van der Waals surface area contributed by atoms with Crippen LogP contribution >= 0.6 is 27.3 Å². The molecule has 0 aliphatic carbocycles. The summed E-state index contributed by atoms with van der Waals surface area (Å²) in [6.07, 6.45) is 2.06. The van der Waals surface area contributed by atoms with E-state index < -0.39 is 0 Å². The van der Waals surface area contributed by atoms with Gasteiger partial charge >= 0.3 is 0 Å². The van der Waals surface area contributed by atoms with Crippen molar-refractivity contribution < 1.29 is 4.79 Å². The quantitative estimate of drug-likeness (QED) is 0.887. The molecule has 0 saturated carbocycles. The van der Waals surface area contributed by atoms with Crippen LogP contribution in [-0.4, -0.2) is 24.4 Å². The molecule has 1 aromatic heterocycles. The van der Waals surface area contributed by atoms with Gasteiger partial charge in [0, 0.05) is 31.4 Å². The van der Waals surface area contributed by atoms with Gasteiger partial charge in [0.1, 0.15) is 0 Å². The van der Waals surface area contributed by atoms with Crippen LogP contribution in [0.4, 0.5) is 5.69 Å². The number of halogens is 1. The molecule has 1 amide bonds. The minimum Gasteiger partial charge on any atom is -0.385 e. The van der Waals surface area contributed by atoms with Gasteiger partial charge in [0.2, 0.25) is 0 Å². The maximum Gasteiger partial charge on any atom is 0.254 e. The fraction of sp³-hybridized carbons (Fsp3) is 0.312. The summed E-state index contributed by atoms with van der Waals surface area (Å²) < 4.78 is 1.10. The van der Waals surface area contributed by atoms with Crippen molar-refractivity contribution in [2.45, 2.75) is 19.4 Å². The number of amides is 1. The molecule has 1 aliphatic rings. The van der Waals surface area contributed by atoms with Crippen LogP contribution in [0.15, 0.2) is 33.4 Å². The van der Waals surface area contributed by atoms with Crippen LogP contribution in [0.5, 0.6) is 0 Å². The van der Waals surface area contributed by atoms with Crippen LogP contribution in [-0.2, 0) is 13.0 Å². The van der Waals surface area contributed by atoms with Crippen LogP contribution in [0.25, 0.3) is 0 Å². The molecule has 0 saturated heterocycles. The summed E-state index contributed by atoms with van der Waals surface area (Å²) in [6, 6.07) is 8.02. The summed E-state index contributed by atoms with van der Waals surface area (Å²) in [4.78, 5) is 14.5. The van der Waals surface area contributed by atoms with Gasteiger partial charge in [-0.2, -0.15) is 0 Å². The first-order chi connectivity index (χ1) is 10.1. The van der Waals surface area contributed by atoms with E-state index in [0.717, 1.165) is 45.6 Å². The average molecular weight is 365 g/mol. The lowest BCUT2D eigenvalue weighted by molar-refractivity contribution is 0.0784. The molecule has 21 heavy (non-hydrogen) atoms. The van der Waals surface area contributed by atoms with E-state index >= 15 is 0 Å². The van der Waals surface area contributed by atoms with Crippen molar-refractivity contribution in [3.8, 4) is 0 Å². The van der Waals surface area contributed by atoms with Crippen LogP contribution in [0.2, 0.25) is 0 Å². The fourth-order valence-corrected chi connectivity index (χ4v) is 3.89. The first kappa shape index (κ1) is 14.6. The molecule has 5 heteroatoms. The Labute approximate surface area is 137 Å². The Morgan fingerprint density at radius 3 is 3.10 bits per heavy atom. The first-order valence-electron chi connectivity index (χ1n) is 6.99. The van der Waals surface area contributed by atoms with Gasteiger partial charge in [-0.3, -0.25) is 4.79 Å². The number of rotatable bonds is 3. The minimum atomic E-state index is 0.0953. The van der Waals surface area contributed by atoms with E-state index in [0.29, 0.717) is 6.54 Å². The Morgan fingerprint density at radius 2 is 2.33 bits per heavy atom. The lowest BCUT2D eigenvalue weighted by atomic mass is 9.97. The number of thiophene rings is 1. The van der Waals surface area contributed by atoms with Gasteiger partial charge in [0.15, 0.2) is 0 Å². The number of fused-ring (bicyclic) bond motifs is 1. The van der Waals surface area contributed by atoms with E-state index in [2.05, 4.69) is 38.8 Å². The topological polar surface area (TPSA) is 32.3 Å². The summed E-state index contributed by atoms with van der Waals surface area (Å²) in [5, 5.41) is 5.45. The molecule has 1 aliphatic heterocycles. The number of nitrogens with one attached hydrogen (secondary N) is 1. The van der Waals surface area contributed by atoms with E-state index in [1.54, 1.807) is 16.2 Å². The molecule has 1 N–H and O–H groups in total. The normalized spacial score (nSPS) is 13.4. The van der Waals surface area contributed by atoms with Crippen LogP contribution < -0.4 is 5.32 Å². The smallest absolute Gasteiger partial charge is 0.254 e. The third-order valence-electron chi connectivity index (χ3n) is 3.71. The predicted octanol–water partition coefficient (Wildman–Crippen LogP) is 4.14. The Balaban J connectivity index is 1.81. The Bertz CT molecular complexity index is 668. The van der Waals surface area contributed by atoms with Crippen molar-refractivity contribution in [2.24, 2.45) is 0 Å². The second-order valence-electron chi connectivity index (χ2n) is 5.28. The maximum atomic E-state index is 12.7. The van der Waals surface area contributed by atoms with Gasteiger partial charge in [-0.15, -0.1) is 11.3 Å². The Morgan fingerprint density at radius 1 is 1.48 bits per heavy atom. The lowest BCUT2D eigenvalue weighted by Gasteiger charge is -2.23. The molecule has 3 rings (SSSR count). The molecule has 3 nitrogen and oxygen atoms in total. The molecule has 0 bridgehead atoms. The molecule has 0 atom stereocenters. The van der Waals surface area contributed by atoms with Crippen molar-refractivity contribution in [3.05, 3.63) is 50.1 Å². The molecule has 0 unspecified atom stereocenters. The van der Waals surface area contributed by atoms with Gasteiger partial charge in [0.05, 0.1) is 3.79 Å². The number of hydrogen-bond donors (Lipinski definition) is 1. The highest BCUT2D eigenvalue weighted by atomic mass is 79.9. The number of benzene rings is 1. The molecule has 2 aromatic rings. The number of carbonyl (C=O) groups excluding carboxylic acids is 1. The number of anilines is 1. The zero-order valence-corrected chi connectivity index (χ0v) is 14.3. The third-order valence-corrected chi connectivity index (χ3v) is 5.27. The van der Waals surface area contributed by atoms with Crippen LogP contribution in [0, 0.1) is 0 Å². The number of hydrogen-bond acceptors (Lipinski definition) is 3. The summed E-state index contributed by atoms with van der Waals surface area (Å²) in [6.45, 7) is 1.63. The van der Waals surface area contributed by atoms with Crippen molar-refractivity contribution >= 4 is 38.9 Å². The molecule has 0 radical (unpaired) electrons. The highest BCUT2D eigenvalue weighted by Gasteiger charge is 2.20. The van der Waals surface area contributed by atoms with Gasteiger partial charge in [-0.05, 0) is 63.5 Å². The zero-order chi connectivity index (χ0) is 14.8. The summed E-state index contributed by atoms with van der Waals surface area (Å²) >= 11 is 5.11. The van der Waals surface area contributed by atoms with E-state index in [4.69, 9.17) is 0 Å². The average Bonchev–Trinajstić information content (AvgIpc) is 2.91. The van der Waals surface area contributed by atoms with Crippen molar-refractivity contribution in [1.29, 1.82) is 0 Å². The van der Waals surface area contributed by atoms with Crippen LogP contribution in [0.3, 0.4) is 0 Å². The van der Waals surface area contributed by atoms with Crippen molar-refractivity contribution in [1.82, 2.24) is 4.90 Å². The second-order valence-corrected chi connectivity index (χ2v) is 7.57. The van der Waals surface area contributed by atoms with Gasteiger partial charge < -0.3 is 10.2 Å². The molecule has 110 valence electrons.